The summed E-state index contributed by atoms with van der Waals surface area (Å²) in [5.41, 5.74) is 9.45. The monoisotopic (exact) mass is 268 g/mol. The van der Waals surface area contributed by atoms with Crippen LogP contribution in [0.4, 0.5) is 5.82 Å². The highest BCUT2D eigenvalue weighted by Crippen LogP contribution is 2.39. The highest BCUT2D eigenvalue weighted by Gasteiger charge is 2.42. The van der Waals surface area contributed by atoms with E-state index < -0.39 is 0 Å². The van der Waals surface area contributed by atoms with Gasteiger partial charge in [-0.2, -0.15) is 5.26 Å². The van der Waals surface area contributed by atoms with E-state index in [0.717, 1.165) is 43.7 Å². The Bertz CT molecular complexity index is 589. The van der Waals surface area contributed by atoms with Gasteiger partial charge in [0, 0.05) is 24.8 Å². The van der Waals surface area contributed by atoms with Crippen LogP contribution in [-0.4, -0.2) is 24.1 Å². The summed E-state index contributed by atoms with van der Waals surface area (Å²) >= 11 is 0. The fourth-order valence-corrected chi connectivity index (χ4v) is 4.26. The van der Waals surface area contributed by atoms with Gasteiger partial charge < -0.3 is 10.6 Å². The number of hydrogen-bond acceptors (Lipinski definition) is 4. The molecule has 3 atom stereocenters. The number of nitrogens with zero attached hydrogens (tertiary/aromatic N) is 3. The minimum Gasteiger partial charge on any atom is -0.355 e. The second-order valence-corrected chi connectivity index (χ2v) is 6.50. The number of rotatable bonds is 1. The van der Waals surface area contributed by atoms with Crippen molar-refractivity contribution in [3.8, 4) is 6.07 Å². The lowest BCUT2D eigenvalue weighted by Gasteiger charge is -2.21. The Morgan fingerprint density at radius 2 is 2.20 bits per heavy atom. The number of nitriles is 1. The van der Waals surface area contributed by atoms with E-state index in [9.17, 15) is 5.26 Å². The third-order valence-electron chi connectivity index (χ3n) is 5.36. The summed E-state index contributed by atoms with van der Waals surface area (Å²) in [6.45, 7) is 2.01. The van der Waals surface area contributed by atoms with E-state index in [1.807, 2.05) is 0 Å². The zero-order valence-corrected chi connectivity index (χ0v) is 11.7. The molecule has 2 heterocycles. The van der Waals surface area contributed by atoms with Crippen molar-refractivity contribution in [3.63, 3.8) is 0 Å². The Morgan fingerprint density at radius 3 is 3.00 bits per heavy atom. The molecule has 4 rings (SSSR count). The van der Waals surface area contributed by atoms with Gasteiger partial charge in [0.05, 0.1) is 5.56 Å². The highest BCUT2D eigenvalue weighted by atomic mass is 15.2. The Balaban J connectivity index is 1.68. The van der Waals surface area contributed by atoms with E-state index in [2.05, 4.69) is 17.0 Å². The molecule has 1 saturated carbocycles. The minimum atomic E-state index is 0.338. The topological polar surface area (TPSA) is 65.9 Å². The van der Waals surface area contributed by atoms with Gasteiger partial charge in [-0.05, 0) is 55.6 Å². The number of pyridine rings is 1. The number of aryl methyl sites for hydroxylation is 2. The smallest absolute Gasteiger partial charge is 0.146 e. The van der Waals surface area contributed by atoms with Crippen LogP contribution in [0.5, 0.6) is 0 Å². The molecule has 0 amide bonds. The fraction of sp³-hybridized carbons (Fsp3) is 0.625. The number of anilines is 1. The Labute approximate surface area is 119 Å². The summed E-state index contributed by atoms with van der Waals surface area (Å²) in [5, 5.41) is 9.42. The van der Waals surface area contributed by atoms with Gasteiger partial charge in [0.25, 0.3) is 0 Å². The molecular formula is C16H20N4. The lowest BCUT2D eigenvalue weighted by atomic mass is 9.98. The second-order valence-electron chi connectivity index (χ2n) is 6.50. The van der Waals surface area contributed by atoms with Crippen LogP contribution in [0, 0.1) is 23.2 Å². The number of fused-ring (bicyclic) bond motifs is 2. The average molecular weight is 268 g/mol. The van der Waals surface area contributed by atoms with Crippen LogP contribution in [0.3, 0.4) is 0 Å². The Kier molecular flexibility index (Phi) is 2.71. The van der Waals surface area contributed by atoms with Crippen molar-refractivity contribution in [1.29, 1.82) is 5.26 Å². The summed E-state index contributed by atoms with van der Waals surface area (Å²) < 4.78 is 0. The lowest BCUT2D eigenvalue weighted by molar-refractivity contribution is 0.453. The van der Waals surface area contributed by atoms with E-state index >= 15 is 0 Å². The van der Waals surface area contributed by atoms with Crippen LogP contribution < -0.4 is 10.6 Å². The van der Waals surface area contributed by atoms with Gasteiger partial charge in [-0.15, -0.1) is 0 Å². The predicted molar refractivity (Wildman–Crippen MR) is 77.4 cm³/mol. The standard InChI is InChI=1S/C16H20N4/c17-7-12-6-10-2-1-3-15(10)19-16(12)20-8-11-4-5-14(18)13(11)9-20/h6,11,13-14H,1-5,8-9,18H2. The summed E-state index contributed by atoms with van der Waals surface area (Å²) in [4.78, 5) is 7.13. The number of hydrogen-bond donors (Lipinski definition) is 1. The van der Waals surface area contributed by atoms with E-state index in [-0.39, 0.29) is 0 Å². The molecule has 4 nitrogen and oxygen atoms in total. The molecule has 0 radical (unpaired) electrons. The van der Waals surface area contributed by atoms with Gasteiger partial charge >= 0.3 is 0 Å². The maximum atomic E-state index is 9.42. The quantitative estimate of drug-likeness (QED) is 0.840. The van der Waals surface area contributed by atoms with Crippen molar-refractivity contribution in [2.45, 2.75) is 38.1 Å². The van der Waals surface area contributed by atoms with Crippen molar-refractivity contribution >= 4 is 5.82 Å². The largest absolute Gasteiger partial charge is 0.355 e. The molecule has 2 N–H and O–H groups in total. The molecule has 0 bridgehead atoms. The van der Waals surface area contributed by atoms with Crippen LogP contribution in [0.2, 0.25) is 0 Å². The summed E-state index contributed by atoms with van der Waals surface area (Å²) in [6.07, 6.45) is 5.70. The molecule has 0 spiro atoms. The van der Waals surface area contributed by atoms with Gasteiger partial charge in [-0.25, -0.2) is 4.98 Å². The van der Waals surface area contributed by atoms with Crippen LogP contribution in [0.1, 0.15) is 36.1 Å². The van der Waals surface area contributed by atoms with E-state index in [1.54, 1.807) is 0 Å². The molecule has 1 aliphatic heterocycles. The first kappa shape index (κ1) is 12.2. The fourth-order valence-electron chi connectivity index (χ4n) is 4.26. The molecular weight excluding hydrogens is 248 g/mol. The first-order valence-corrected chi connectivity index (χ1v) is 7.69. The zero-order chi connectivity index (χ0) is 13.7. The van der Waals surface area contributed by atoms with Crippen LogP contribution in [0.15, 0.2) is 6.07 Å². The van der Waals surface area contributed by atoms with Gasteiger partial charge in [0.15, 0.2) is 0 Å². The van der Waals surface area contributed by atoms with Gasteiger partial charge in [0.1, 0.15) is 11.9 Å². The van der Waals surface area contributed by atoms with E-state index in [1.165, 1.54) is 24.1 Å². The lowest BCUT2D eigenvalue weighted by Crippen LogP contribution is -2.30. The molecule has 2 fully saturated rings. The third kappa shape index (κ3) is 1.73. The zero-order valence-electron chi connectivity index (χ0n) is 11.7. The predicted octanol–water partition coefficient (Wildman–Crippen LogP) is 1.62. The Morgan fingerprint density at radius 1 is 1.30 bits per heavy atom. The number of nitrogens with two attached hydrogens (primary N) is 1. The van der Waals surface area contributed by atoms with E-state index in [0.29, 0.717) is 17.9 Å². The SMILES string of the molecule is N#Cc1cc2c(nc1N1CC3CCC(N)C3C1)CCC2. The van der Waals surface area contributed by atoms with E-state index in [4.69, 9.17) is 10.7 Å². The molecule has 104 valence electrons. The highest BCUT2D eigenvalue weighted by molar-refractivity contribution is 5.57. The molecule has 1 aromatic heterocycles. The van der Waals surface area contributed by atoms with Crippen molar-refractivity contribution in [3.05, 3.63) is 22.9 Å². The molecule has 1 saturated heterocycles. The maximum absolute atomic E-state index is 9.42. The summed E-state index contributed by atoms with van der Waals surface area (Å²) in [6, 6.07) is 4.75. The molecule has 3 unspecified atom stereocenters. The van der Waals surface area contributed by atoms with Crippen LogP contribution in [-0.2, 0) is 12.8 Å². The first-order valence-electron chi connectivity index (χ1n) is 7.69. The molecule has 3 aliphatic rings. The van der Waals surface area contributed by atoms with Crippen molar-refractivity contribution in [2.75, 3.05) is 18.0 Å². The van der Waals surface area contributed by atoms with Gasteiger partial charge in [-0.3, -0.25) is 0 Å². The normalized spacial score (nSPS) is 31.2. The van der Waals surface area contributed by atoms with Crippen molar-refractivity contribution in [1.82, 2.24) is 4.98 Å². The van der Waals surface area contributed by atoms with Crippen LogP contribution >= 0.6 is 0 Å². The molecule has 4 heteroatoms. The average Bonchev–Trinajstić information content (AvgIpc) is 3.14. The first-order chi connectivity index (χ1) is 9.76. The minimum absolute atomic E-state index is 0.338. The summed E-state index contributed by atoms with van der Waals surface area (Å²) in [7, 11) is 0. The van der Waals surface area contributed by atoms with Crippen LogP contribution in [0.25, 0.3) is 0 Å². The number of aromatic nitrogens is 1. The van der Waals surface area contributed by atoms with Gasteiger partial charge in [-0.1, -0.05) is 0 Å². The Hall–Kier alpha value is -1.60. The second kappa shape index (κ2) is 4.46. The molecule has 0 aromatic carbocycles. The van der Waals surface area contributed by atoms with Crippen molar-refractivity contribution < 1.29 is 0 Å². The molecule has 20 heavy (non-hydrogen) atoms. The molecule has 1 aromatic rings. The third-order valence-corrected chi connectivity index (χ3v) is 5.36. The maximum Gasteiger partial charge on any atom is 0.146 e. The summed E-state index contributed by atoms with van der Waals surface area (Å²) in [5.74, 6) is 2.21. The van der Waals surface area contributed by atoms with Gasteiger partial charge in [0.2, 0.25) is 0 Å². The molecule has 2 aliphatic carbocycles. The van der Waals surface area contributed by atoms with Crippen molar-refractivity contribution in [2.24, 2.45) is 17.6 Å².